The smallest absolute Gasteiger partial charge is 0.196 e. The number of alkyl halides is 12. The van der Waals surface area contributed by atoms with Gasteiger partial charge in [-0.25, -0.2) is 0 Å². The molecule has 0 amide bonds. The quantitative estimate of drug-likeness (QED) is 0.116. The van der Waals surface area contributed by atoms with E-state index < -0.39 is 60.4 Å². The molecule has 2 atom stereocenters. The summed E-state index contributed by atoms with van der Waals surface area (Å²) in [6, 6.07) is 0. The number of halogens is 12. The Morgan fingerprint density at radius 1 is 0.556 bits per heavy atom. The molecular weight excluding hydrogens is 644 g/mol. The van der Waals surface area contributed by atoms with E-state index in [-0.39, 0.29) is 12.8 Å². The average Bonchev–Trinajstić information content (AvgIpc) is 2.48. The minimum atomic E-state index is -5.68. The first-order valence-corrected chi connectivity index (χ1v) is 11.7. The van der Waals surface area contributed by atoms with E-state index in [0.29, 0.717) is 8.86 Å². The van der Waals surface area contributed by atoms with Crippen molar-refractivity contribution in [1.29, 1.82) is 0 Å². The predicted octanol–water partition coefficient (Wildman–Crippen LogP) is 8.06. The van der Waals surface area contributed by atoms with Gasteiger partial charge in [0.15, 0.2) is 0 Å². The maximum Gasteiger partial charge on any atom is 0.453 e. The molecule has 0 aromatic carbocycles. The SMILES string of the molecule is FC(F)(F)C(F)(F)CCC(CCI)SC(CCI)CCC(F)(F)C(F)(F)F. The van der Waals surface area contributed by atoms with Gasteiger partial charge in [0.25, 0.3) is 0 Å². The number of thioether (sulfide) groups is 1. The Bertz CT molecular complexity index is 387. The predicted molar refractivity (Wildman–Crippen MR) is 103 cm³/mol. The number of rotatable bonds is 12. The highest BCUT2D eigenvalue weighted by Gasteiger charge is 2.57. The van der Waals surface area contributed by atoms with Gasteiger partial charge in [-0.2, -0.15) is 55.7 Å². The molecule has 0 aromatic rings. The summed E-state index contributed by atoms with van der Waals surface area (Å²) in [6.45, 7) is 0. The molecule has 0 spiro atoms. The van der Waals surface area contributed by atoms with Gasteiger partial charge in [0.05, 0.1) is 0 Å². The molecule has 2 unspecified atom stereocenters. The van der Waals surface area contributed by atoms with Gasteiger partial charge in [0, 0.05) is 32.2 Å². The molecule has 0 aliphatic rings. The van der Waals surface area contributed by atoms with Crippen LogP contribution in [0.25, 0.3) is 0 Å². The lowest BCUT2D eigenvalue weighted by Gasteiger charge is -2.27. The van der Waals surface area contributed by atoms with Gasteiger partial charge in [-0.15, -0.1) is 0 Å². The molecule has 0 heterocycles. The van der Waals surface area contributed by atoms with Crippen LogP contribution in [0.15, 0.2) is 0 Å². The van der Waals surface area contributed by atoms with Crippen LogP contribution >= 0.6 is 56.9 Å². The van der Waals surface area contributed by atoms with E-state index in [1.165, 1.54) is 0 Å². The highest BCUT2D eigenvalue weighted by atomic mass is 127. The van der Waals surface area contributed by atoms with Crippen molar-refractivity contribution in [2.75, 3.05) is 8.86 Å². The Labute approximate surface area is 182 Å². The van der Waals surface area contributed by atoms with Gasteiger partial charge in [-0.3, -0.25) is 0 Å². The van der Waals surface area contributed by atoms with Crippen LogP contribution in [-0.4, -0.2) is 43.6 Å². The Morgan fingerprint density at radius 2 is 0.852 bits per heavy atom. The maximum atomic E-state index is 13.1. The molecule has 0 aromatic heterocycles. The molecule has 0 saturated heterocycles. The standard InChI is InChI=1S/C14H18F10I2S/c15-11(16,13(19,20)21)5-1-9(3-7-25)27-10(4-8-26)2-6-12(17,18)14(22,23)24/h9-10H,1-8H2. The van der Waals surface area contributed by atoms with E-state index in [1.807, 2.05) is 45.2 Å². The van der Waals surface area contributed by atoms with Crippen LogP contribution in [0.5, 0.6) is 0 Å². The summed E-state index contributed by atoms with van der Waals surface area (Å²) < 4.78 is 127. The average molecular weight is 662 g/mol. The summed E-state index contributed by atoms with van der Waals surface area (Å²) in [7, 11) is 0. The third-order valence-corrected chi connectivity index (χ3v) is 6.60. The first-order chi connectivity index (χ1) is 12.1. The molecule has 0 rings (SSSR count). The highest BCUT2D eigenvalue weighted by molar-refractivity contribution is 14.1. The van der Waals surface area contributed by atoms with Gasteiger partial charge in [0.2, 0.25) is 0 Å². The fraction of sp³-hybridized carbons (Fsp3) is 1.00. The van der Waals surface area contributed by atoms with Crippen LogP contribution in [0.3, 0.4) is 0 Å². The van der Waals surface area contributed by atoms with E-state index in [4.69, 9.17) is 0 Å². The van der Waals surface area contributed by atoms with Gasteiger partial charge in [-0.05, 0) is 25.7 Å². The van der Waals surface area contributed by atoms with Crippen molar-refractivity contribution in [3.05, 3.63) is 0 Å². The minimum Gasteiger partial charge on any atom is -0.196 e. The normalized spacial score (nSPS) is 16.4. The molecule has 0 N–H and O–H groups in total. The third kappa shape index (κ3) is 10.1. The fourth-order valence-electron chi connectivity index (χ4n) is 2.04. The van der Waals surface area contributed by atoms with E-state index in [9.17, 15) is 43.9 Å². The molecule has 0 radical (unpaired) electrons. The second-order valence-corrected chi connectivity index (χ2v) is 9.58. The summed E-state index contributed by atoms with van der Waals surface area (Å²) in [5.74, 6) is -9.72. The zero-order valence-electron chi connectivity index (χ0n) is 13.8. The molecule has 0 bridgehead atoms. The van der Waals surface area contributed by atoms with Crippen molar-refractivity contribution in [1.82, 2.24) is 0 Å². The molecular formula is C14H18F10I2S. The van der Waals surface area contributed by atoms with Crippen molar-refractivity contribution in [3.63, 3.8) is 0 Å². The third-order valence-electron chi connectivity index (χ3n) is 3.64. The van der Waals surface area contributed by atoms with E-state index in [1.54, 1.807) is 0 Å². The van der Waals surface area contributed by atoms with Crippen LogP contribution in [0.4, 0.5) is 43.9 Å². The molecule has 0 aliphatic carbocycles. The lowest BCUT2D eigenvalue weighted by Crippen LogP contribution is -2.37. The van der Waals surface area contributed by atoms with Crippen molar-refractivity contribution < 1.29 is 43.9 Å². The Hall–Kier alpha value is 1.11. The van der Waals surface area contributed by atoms with Crippen molar-refractivity contribution in [3.8, 4) is 0 Å². The van der Waals surface area contributed by atoms with Crippen molar-refractivity contribution >= 4 is 56.9 Å². The molecule has 13 heteroatoms. The second kappa shape index (κ2) is 11.5. The van der Waals surface area contributed by atoms with Crippen LogP contribution in [0.1, 0.15) is 38.5 Å². The topological polar surface area (TPSA) is 0 Å². The van der Waals surface area contributed by atoms with Crippen LogP contribution in [0, 0.1) is 0 Å². The molecule has 0 fully saturated rings. The van der Waals surface area contributed by atoms with Crippen LogP contribution in [0.2, 0.25) is 0 Å². The van der Waals surface area contributed by atoms with Crippen molar-refractivity contribution in [2.24, 2.45) is 0 Å². The zero-order chi connectivity index (χ0) is 21.5. The van der Waals surface area contributed by atoms with E-state index in [0.717, 1.165) is 11.8 Å². The van der Waals surface area contributed by atoms with Crippen molar-refractivity contribution in [2.45, 2.75) is 73.2 Å². The van der Waals surface area contributed by atoms with Gasteiger partial charge in [-0.1, -0.05) is 45.2 Å². The van der Waals surface area contributed by atoms with E-state index >= 15 is 0 Å². The van der Waals surface area contributed by atoms with Gasteiger partial charge < -0.3 is 0 Å². The van der Waals surface area contributed by atoms with Gasteiger partial charge >= 0.3 is 24.2 Å². The Morgan fingerprint density at radius 3 is 1.07 bits per heavy atom. The largest absolute Gasteiger partial charge is 0.453 e. The lowest BCUT2D eigenvalue weighted by molar-refractivity contribution is -0.284. The Balaban J connectivity index is 4.93. The zero-order valence-corrected chi connectivity index (χ0v) is 18.9. The van der Waals surface area contributed by atoms with E-state index in [2.05, 4.69) is 0 Å². The minimum absolute atomic E-state index is 0.257. The first-order valence-electron chi connectivity index (χ1n) is 7.74. The summed E-state index contributed by atoms with van der Waals surface area (Å²) >= 11 is 4.73. The first kappa shape index (κ1) is 28.1. The highest BCUT2D eigenvalue weighted by Crippen LogP contribution is 2.43. The summed E-state index contributed by atoms with van der Waals surface area (Å²) in [6.07, 6.45) is -14.7. The number of hydrogen-bond acceptors (Lipinski definition) is 1. The molecule has 164 valence electrons. The number of hydrogen-bond donors (Lipinski definition) is 0. The molecule has 0 nitrogen and oxygen atoms in total. The lowest BCUT2D eigenvalue weighted by atomic mass is 10.1. The summed E-state index contributed by atoms with van der Waals surface area (Å²) in [5.41, 5.74) is 0. The summed E-state index contributed by atoms with van der Waals surface area (Å²) in [5, 5.41) is -1.36. The second-order valence-electron chi connectivity index (χ2n) is 5.82. The molecule has 27 heavy (non-hydrogen) atoms. The monoisotopic (exact) mass is 662 g/mol. The molecule has 0 aliphatic heterocycles. The summed E-state index contributed by atoms with van der Waals surface area (Å²) in [4.78, 5) is 0. The van der Waals surface area contributed by atoms with Gasteiger partial charge in [0.1, 0.15) is 0 Å². The fourth-order valence-corrected chi connectivity index (χ4v) is 5.95. The van der Waals surface area contributed by atoms with Crippen LogP contribution < -0.4 is 0 Å². The maximum absolute atomic E-state index is 13.1. The van der Waals surface area contributed by atoms with Crippen LogP contribution in [-0.2, 0) is 0 Å². The Kier molecular flexibility index (Phi) is 12.0. The molecule has 0 saturated carbocycles.